The molecule has 1 aromatic heterocycles. The fourth-order valence-corrected chi connectivity index (χ4v) is 3.19. The lowest BCUT2D eigenvalue weighted by molar-refractivity contribution is 0.161. The first-order chi connectivity index (χ1) is 9.85. The maximum absolute atomic E-state index is 5.69. The van der Waals surface area contributed by atoms with Crippen LogP contribution >= 0.6 is 24.8 Å². The van der Waals surface area contributed by atoms with Crippen molar-refractivity contribution in [1.82, 2.24) is 9.88 Å². The van der Waals surface area contributed by atoms with Gasteiger partial charge in [0.25, 0.3) is 0 Å². The second kappa shape index (κ2) is 9.31. The van der Waals surface area contributed by atoms with E-state index in [-0.39, 0.29) is 24.8 Å². The van der Waals surface area contributed by atoms with Crippen LogP contribution in [0.25, 0.3) is 10.9 Å². The van der Waals surface area contributed by atoms with Crippen LogP contribution in [0.1, 0.15) is 25.0 Å². The molecule has 0 saturated carbocycles. The Balaban J connectivity index is 0.00000121. The van der Waals surface area contributed by atoms with Gasteiger partial charge in [0, 0.05) is 18.5 Å². The zero-order chi connectivity index (χ0) is 13.8. The number of nitrogens with two attached hydrogens (primary N) is 1. The Morgan fingerprint density at radius 3 is 2.77 bits per heavy atom. The normalized spacial score (nSPS) is 18.5. The van der Waals surface area contributed by atoms with Crippen molar-refractivity contribution in [2.75, 3.05) is 19.6 Å². The summed E-state index contributed by atoms with van der Waals surface area (Å²) >= 11 is 0. The Morgan fingerprint density at radius 2 is 1.95 bits per heavy atom. The van der Waals surface area contributed by atoms with Gasteiger partial charge in [-0.25, -0.2) is 0 Å². The van der Waals surface area contributed by atoms with Gasteiger partial charge in [-0.1, -0.05) is 24.3 Å². The Kier molecular flexibility index (Phi) is 8.12. The third-order valence-electron chi connectivity index (χ3n) is 4.22. The number of fused-ring (bicyclic) bond motifs is 1. The third kappa shape index (κ3) is 4.82. The van der Waals surface area contributed by atoms with E-state index in [0.717, 1.165) is 30.9 Å². The molecule has 1 unspecified atom stereocenters. The molecule has 0 spiro atoms. The number of hydrogen-bond acceptors (Lipinski definition) is 3. The van der Waals surface area contributed by atoms with E-state index in [4.69, 9.17) is 10.7 Å². The maximum Gasteiger partial charge on any atom is 0.0705 e. The Morgan fingerprint density at radius 1 is 1.14 bits per heavy atom. The summed E-state index contributed by atoms with van der Waals surface area (Å²) in [4.78, 5) is 7.30. The minimum atomic E-state index is 0. The van der Waals surface area contributed by atoms with Crippen LogP contribution in [0.4, 0.5) is 0 Å². The van der Waals surface area contributed by atoms with Crippen LogP contribution < -0.4 is 5.73 Å². The molecule has 1 fully saturated rings. The number of nitrogens with zero attached hydrogens (tertiary/aromatic N) is 2. The largest absolute Gasteiger partial charge is 0.330 e. The molecule has 5 heteroatoms. The Labute approximate surface area is 145 Å². The molecular formula is C17H25Cl2N3. The fraction of sp³-hybridized carbons (Fsp3) is 0.471. The monoisotopic (exact) mass is 341 g/mol. The van der Waals surface area contributed by atoms with Gasteiger partial charge >= 0.3 is 0 Å². The van der Waals surface area contributed by atoms with E-state index in [1.807, 2.05) is 0 Å². The average Bonchev–Trinajstić information content (AvgIpc) is 2.48. The number of piperidine rings is 1. The fourth-order valence-electron chi connectivity index (χ4n) is 3.19. The predicted octanol–water partition coefficient (Wildman–Crippen LogP) is 3.64. The number of halogens is 2. The average molecular weight is 342 g/mol. The molecular weight excluding hydrogens is 317 g/mol. The molecule has 1 aliphatic rings. The van der Waals surface area contributed by atoms with Crippen LogP contribution in [-0.2, 0) is 6.54 Å². The van der Waals surface area contributed by atoms with E-state index >= 15 is 0 Å². The second-order valence-electron chi connectivity index (χ2n) is 5.82. The van der Waals surface area contributed by atoms with Crippen molar-refractivity contribution in [1.29, 1.82) is 0 Å². The van der Waals surface area contributed by atoms with Gasteiger partial charge in [-0.05, 0) is 50.4 Å². The smallest absolute Gasteiger partial charge is 0.0705 e. The van der Waals surface area contributed by atoms with Crippen LogP contribution in [0.2, 0.25) is 0 Å². The van der Waals surface area contributed by atoms with Crippen LogP contribution in [0.15, 0.2) is 36.4 Å². The van der Waals surface area contributed by atoms with Crippen LogP contribution in [0.3, 0.4) is 0 Å². The van der Waals surface area contributed by atoms with E-state index in [1.165, 1.54) is 37.0 Å². The van der Waals surface area contributed by atoms with Gasteiger partial charge in [0.15, 0.2) is 0 Å². The predicted molar refractivity (Wildman–Crippen MR) is 97.9 cm³/mol. The van der Waals surface area contributed by atoms with Crippen LogP contribution in [-0.4, -0.2) is 29.5 Å². The molecule has 3 rings (SSSR count). The number of pyridine rings is 1. The van der Waals surface area contributed by atoms with E-state index in [0.29, 0.717) is 0 Å². The summed E-state index contributed by atoms with van der Waals surface area (Å²) in [6.07, 6.45) is 3.78. The number of hydrogen-bond donors (Lipinski definition) is 1. The number of rotatable bonds is 4. The van der Waals surface area contributed by atoms with Crippen molar-refractivity contribution in [3.05, 3.63) is 42.1 Å². The maximum atomic E-state index is 5.69. The van der Waals surface area contributed by atoms with Gasteiger partial charge in [-0.3, -0.25) is 9.88 Å². The minimum Gasteiger partial charge on any atom is -0.330 e. The molecule has 122 valence electrons. The summed E-state index contributed by atoms with van der Waals surface area (Å²) in [5, 5.41) is 1.22. The van der Waals surface area contributed by atoms with E-state index in [9.17, 15) is 0 Å². The van der Waals surface area contributed by atoms with E-state index in [2.05, 4.69) is 41.3 Å². The summed E-state index contributed by atoms with van der Waals surface area (Å²) in [5.41, 5.74) is 7.96. The van der Waals surface area contributed by atoms with Gasteiger partial charge in [-0.15, -0.1) is 24.8 Å². The molecule has 1 saturated heterocycles. The van der Waals surface area contributed by atoms with Crippen molar-refractivity contribution in [2.24, 2.45) is 11.7 Å². The minimum absolute atomic E-state index is 0. The molecule has 0 aliphatic carbocycles. The lowest BCUT2D eigenvalue weighted by Crippen LogP contribution is -2.35. The highest BCUT2D eigenvalue weighted by molar-refractivity contribution is 5.85. The number of aromatic nitrogens is 1. The molecule has 2 heterocycles. The highest BCUT2D eigenvalue weighted by Crippen LogP contribution is 2.21. The van der Waals surface area contributed by atoms with Crippen molar-refractivity contribution >= 4 is 35.7 Å². The summed E-state index contributed by atoms with van der Waals surface area (Å²) in [6.45, 7) is 4.14. The quantitative estimate of drug-likeness (QED) is 0.922. The standard InChI is InChI=1S/C17H23N3.2ClH/c18-10-9-14-4-3-11-20(12-14)13-16-8-7-15-5-1-2-6-17(15)19-16;;/h1-2,5-8,14H,3-4,9-13,18H2;2*1H. The summed E-state index contributed by atoms with van der Waals surface area (Å²) in [5.74, 6) is 0.772. The summed E-state index contributed by atoms with van der Waals surface area (Å²) in [6, 6.07) is 12.7. The summed E-state index contributed by atoms with van der Waals surface area (Å²) in [7, 11) is 0. The highest BCUT2D eigenvalue weighted by atomic mass is 35.5. The number of likely N-dealkylation sites (tertiary alicyclic amines) is 1. The van der Waals surface area contributed by atoms with Crippen LogP contribution in [0.5, 0.6) is 0 Å². The second-order valence-corrected chi connectivity index (χ2v) is 5.82. The molecule has 1 atom stereocenters. The lowest BCUT2D eigenvalue weighted by atomic mass is 9.95. The van der Waals surface area contributed by atoms with Crippen molar-refractivity contribution in [3.63, 3.8) is 0 Å². The third-order valence-corrected chi connectivity index (χ3v) is 4.22. The summed E-state index contributed by atoms with van der Waals surface area (Å²) < 4.78 is 0. The van der Waals surface area contributed by atoms with Gasteiger partial charge in [0.1, 0.15) is 0 Å². The van der Waals surface area contributed by atoms with Gasteiger partial charge in [0.2, 0.25) is 0 Å². The van der Waals surface area contributed by atoms with Gasteiger partial charge in [0.05, 0.1) is 11.2 Å². The molecule has 1 aliphatic heterocycles. The first kappa shape index (κ1) is 19.2. The number of benzene rings is 1. The molecule has 0 radical (unpaired) electrons. The highest BCUT2D eigenvalue weighted by Gasteiger charge is 2.19. The zero-order valence-electron chi connectivity index (χ0n) is 12.8. The Hall–Kier alpha value is -0.870. The van der Waals surface area contributed by atoms with Crippen molar-refractivity contribution in [2.45, 2.75) is 25.8 Å². The molecule has 0 bridgehead atoms. The molecule has 0 amide bonds. The molecule has 22 heavy (non-hydrogen) atoms. The zero-order valence-corrected chi connectivity index (χ0v) is 14.4. The van der Waals surface area contributed by atoms with E-state index in [1.54, 1.807) is 0 Å². The molecule has 1 aromatic carbocycles. The molecule has 3 nitrogen and oxygen atoms in total. The first-order valence-corrected chi connectivity index (χ1v) is 7.62. The van der Waals surface area contributed by atoms with Crippen molar-refractivity contribution < 1.29 is 0 Å². The SMILES string of the molecule is Cl.Cl.NCCC1CCCN(Cc2ccc3ccccc3n2)C1. The van der Waals surface area contributed by atoms with E-state index < -0.39 is 0 Å². The molecule has 2 aromatic rings. The van der Waals surface area contributed by atoms with Gasteiger partial charge < -0.3 is 5.73 Å². The first-order valence-electron chi connectivity index (χ1n) is 7.62. The number of para-hydroxylation sites is 1. The van der Waals surface area contributed by atoms with Crippen LogP contribution in [0, 0.1) is 5.92 Å². The van der Waals surface area contributed by atoms with Gasteiger partial charge in [-0.2, -0.15) is 0 Å². The molecule has 2 N–H and O–H groups in total. The van der Waals surface area contributed by atoms with Crippen molar-refractivity contribution in [3.8, 4) is 0 Å². The Bertz CT molecular complexity index is 575. The lowest BCUT2D eigenvalue weighted by Gasteiger charge is -2.32. The topological polar surface area (TPSA) is 42.1 Å².